The number of benzene rings is 1. The molecule has 2 aromatic rings. The van der Waals surface area contributed by atoms with Crippen LogP contribution in [0, 0.1) is 6.92 Å². The van der Waals surface area contributed by atoms with Gasteiger partial charge in [-0.15, -0.1) is 0 Å². The Labute approximate surface area is 115 Å². The van der Waals surface area contributed by atoms with Crippen molar-refractivity contribution in [2.75, 3.05) is 0 Å². The zero-order chi connectivity index (χ0) is 13.5. The molecule has 0 amide bonds. The normalized spacial score (nSPS) is 12.3. The van der Waals surface area contributed by atoms with Crippen LogP contribution in [0.15, 0.2) is 48.5 Å². The number of aryl methyl sites for hydroxylation is 2. The molecule has 0 radical (unpaired) electrons. The molecule has 1 atom stereocenters. The summed E-state index contributed by atoms with van der Waals surface area (Å²) in [4.78, 5) is 4.50. The van der Waals surface area contributed by atoms with Crippen LogP contribution in [-0.4, -0.2) is 11.0 Å². The zero-order valence-electron chi connectivity index (χ0n) is 11.8. The SMILES string of the molecule is Cc1cccc(CNC(C)CCc2ccccc2)n1. The molecule has 0 spiro atoms. The van der Waals surface area contributed by atoms with Gasteiger partial charge in [0.15, 0.2) is 0 Å². The zero-order valence-corrected chi connectivity index (χ0v) is 11.8. The molecular weight excluding hydrogens is 232 g/mol. The van der Waals surface area contributed by atoms with E-state index in [4.69, 9.17) is 0 Å². The molecule has 0 aliphatic heterocycles. The molecule has 0 fully saturated rings. The molecule has 19 heavy (non-hydrogen) atoms. The van der Waals surface area contributed by atoms with Gasteiger partial charge < -0.3 is 5.32 Å². The first-order chi connectivity index (χ1) is 9.24. The largest absolute Gasteiger partial charge is 0.309 e. The first-order valence-electron chi connectivity index (χ1n) is 6.94. The van der Waals surface area contributed by atoms with Crippen LogP contribution in [0.1, 0.15) is 30.3 Å². The quantitative estimate of drug-likeness (QED) is 0.853. The minimum Gasteiger partial charge on any atom is -0.309 e. The highest BCUT2D eigenvalue weighted by molar-refractivity contribution is 5.14. The summed E-state index contributed by atoms with van der Waals surface area (Å²) in [7, 11) is 0. The summed E-state index contributed by atoms with van der Waals surface area (Å²) < 4.78 is 0. The van der Waals surface area contributed by atoms with Gasteiger partial charge in [-0.1, -0.05) is 36.4 Å². The molecule has 0 bridgehead atoms. The third-order valence-electron chi connectivity index (χ3n) is 3.29. The molecule has 0 saturated heterocycles. The molecule has 0 aliphatic carbocycles. The highest BCUT2D eigenvalue weighted by Crippen LogP contribution is 2.05. The summed E-state index contributed by atoms with van der Waals surface area (Å²) in [5.41, 5.74) is 3.60. The standard InChI is InChI=1S/C17H22N2/c1-14(11-12-16-8-4-3-5-9-16)18-13-17-10-6-7-15(2)19-17/h3-10,14,18H,11-13H2,1-2H3. The fourth-order valence-electron chi connectivity index (χ4n) is 2.11. The van der Waals surface area contributed by atoms with E-state index in [-0.39, 0.29) is 0 Å². The van der Waals surface area contributed by atoms with Gasteiger partial charge in [0.2, 0.25) is 0 Å². The van der Waals surface area contributed by atoms with Gasteiger partial charge in [-0.2, -0.15) is 0 Å². The maximum Gasteiger partial charge on any atom is 0.0544 e. The van der Waals surface area contributed by atoms with Crippen molar-refractivity contribution in [3.63, 3.8) is 0 Å². The van der Waals surface area contributed by atoms with Gasteiger partial charge in [-0.05, 0) is 44.4 Å². The molecule has 1 N–H and O–H groups in total. The molecule has 2 rings (SSSR count). The van der Waals surface area contributed by atoms with Crippen molar-refractivity contribution < 1.29 is 0 Å². The van der Waals surface area contributed by atoms with Gasteiger partial charge in [0.1, 0.15) is 0 Å². The van der Waals surface area contributed by atoms with Crippen LogP contribution in [0.2, 0.25) is 0 Å². The number of rotatable bonds is 6. The minimum atomic E-state index is 0.502. The van der Waals surface area contributed by atoms with E-state index < -0.39 is 0 Å². The molecule has 2 heteroatoms. The second-order valence-corrected chi connectivity index (χ2v) is 5.08. The van der Waals surface area contributed by atoms with E-state index in [9.17, 15) is 0 Å². The lowest BCUT2D eigenvalue weighted by atomic mass is 10.1. The summed E-state index contributed by atoms with van der Waals surface area (Å²) >= 11 is 0. The Hall–Kier alpha value is -1.67. The van der Waals surface area contributed by atoms with Gasteiger partial charge in [-0.25, -0.2) is 0 Å². The smallest absolute Gasteiger partial charge is 0.0544 e. The van der Waals surface area contributed by atoms with Gasteiger partial charge in [0, 0.05) is 18.3 Å². The van der Waals surface area contributed by atoms with Crippen molar-refractivity contribution in [2.24, 2.45) is 0 Å². The first kappa shape index (κ1) is 13.8. The maximum absolute atomic E-state index is 4.50. The summed E-state index contributed by atoms with van der Waals surface area (Å²) in [5.74, 6) is 0. The highest BCUT2D eigenvalue weighted by atomic mass is 14.9. The van der Waals surface area contributed by atoms with Gasteiger partial charge in [0.25, 0.3) is 0 Å². The number of nitrogens with one attached hydrogen (secondary N) is 1. The fraction of sp³-hybridized carbons (Fsp3) is 0.353. The summed E-state index contributed by atoms with van der Waals surface area (Å²) in [5, 5.41) is 3.53. The van der Waals surface area contributed by atoms with E-state index in [0.717, 1.165) is 30.8 Å². The van der Waals surface area contributed by atoms with Crippen LogP contribution >= 0.6 is 0 Å². The van der Waals surface area contributed by atoms with Crippen LogP contribution in [0.4, 0.5) is 0 Å². The lowest BCUT2D eigenvalue weighted by Crippen LogP contribution is -2.26. The molecule has 1 heterocycles. The van der Waals surface area contributed by atoms with Crippen LogP contribution in [-0.2, 0) is 13.0 Å². The predicted molar refractivity (Wildman–Crippen MR) is 80.0 cm³/mol. The third-order valence-corrected chi connectivity index (χ3v) is 3.29. The van der Waals surface area contributed by atoms with Gasteiger partial charge >= 0.3 is 0 Å². The van der Waals surface area contributed by atoms with Crippen LogP contribution in [0.5, 0.6) is 0 Å². The van der Waals surface area contributed by atoms with E-state index in [1.807, 2.05) is 13.0 Å². The molecule has 100 valence electrons. The molecule has 0 aliphatic rings. The predicted octanol–water partition coefficient (Wildman–Crippen LogP) is 3.50. The lowest BCUT2D eigenvalue weighted by Gasteiger charge is -2.13. The van der Waals surface area contributed by atoms with Crippen molar-refractivity contribution >= 4 is 0 Å². The topological polar surface area (TPSA) is 24.9 Å². The highest BCUT2D eigenvalue weighted by Gasteiger charge is 2.03. The lowest BCUT2D eigenvalue weighted by molar-refractivity contribution is 0.509. The number of aromatic nitrogens is 1. The Kier molecular flexibility index (Phi) is 5.10. The Morgan fingerprint density at radius 2 is 1.84 bits per heavy atom. The number of pyridine rings is 1. The Balaban J connectivity index is 1.74. The summed E-state index contributed by atoms with van der Waals surface area (Å²) in [6, 6.07) is 17.3. The van der Waals surface area contributed by atoms with Crippen LogP contribution in [0.3, 0.4) is 0 Å². The first-order valence-corrected chi connectivity index (χ1v) is 6.94. The van der Waals surface area contributed by atoms with Crippen LogP contribution in [0.25, 0.3) is 0 Å². The summed E-state index contributed by atoms with van der Waals surface area (Å²) in [6.45, 7) is 5.11. The van der Waals surface area contributed by atoms with Crippen molar-refractivity contribution in [3.05, 3.63) is 65.5 Å². The average molecular weight is 254 g/mol. The fourth-order valence-corrected chi connectivity index (χ4v) is 2.11. The second-order valence-electron chi connectivity index (χ2n) is 5.08. The molecule has 0 saturated carbocycles. The van der Waals surface area contributed by atoms with Crippen molar-refractivity contribution in [2.45, 2.75) is 39.3 Å². The monoisotopic (exact) mass is 254 g/mol. The van der Waals surface area contributed by atoms with Crippen molar-refractivity contribution in [1.82, 2.24) is 10.3 Å². The maximum atomic E-state index is 4.50. The Morgan fingerprint density at radius 3 is 2.58 bits per heavy atom. The molecular formula is C17H22N2. The van der Waals surface area contributed by atoms with Crippen molar-refractivity contribution in [3.8, 4) is 0 Å². The van der Waals surface area contributed by atoms with Crippen LogP contribution < -0.4 is 5.32 Å². The average Bonchev–Trinajstić information content (AvgIpc) is 2.44. The molecule has 1 unspecified atom stereocenters. The van der Waals surface area contributed by atoms with E-state index in [1.165, 1.54) is 5.56 Å². The molecule has 1 aromatic carbocycles. The van der Waals surface area contributed by atoms with Gasteiger partial charge in [0.05, 0.1) is 5.69 Å². The van der Waals surface area contributed by atoms with E-state index in [0.29, 0.717) is 6.04 Å². The van der Waals surface area contributed by atoms with E-state index >= 15 is 0 Å². The second kappa shape index (κ2) is 7.05. The molecule has 1 aromatic heterocycles. The minimum absolute atomic E-state index is 0.502. The van der Waals surface area contributed by atoms with Gasteiger partial charge in [-0.3, -0.25) is 4.98 Å². The van der Waals surface area contributed by atoms with Crippen molar-refractivity contribution in [1.29, 1.82) is 0 Å². The molecule has 2 nitrogen and oxygen atoms in total. The van der Waals surface area contributed by atoms with E-state index in [2.05, 4.69) is 59.7 Å². The Morgan fingerprint density at radius 1 is 1.05 bits per heavy atom. The number of hydrogen-bond donors (Lipinski definition) is 1. The number of hydrogen-bond acceptors (Lipinski definition) is 2. The number of nitrogens with zero attached hydrogens (tertiary/aromatic N) is 1. The summed E-state index contributed by atoms with van der Waals surface area (Å²) in [6.07, 6.45) is 2.27. The Bertz CT molecular complexity index is 494. The van der Waals surface area contributed by atoms with E-state index in [1.54, 1.807) is 0 Å². The third kappa shape index (κ3) is 4.84.